The Labute approximate surface area is 114 Å². The van der Waals surface area contributed by atoms with Crippen LogP contribution in [0.25, 0.3) is 0 Å². The maximum absolute atomic E-state index is 12.5. The van der Waals surface area contributed by atoms with Crippen LogP contribution in [-0.2, 0) is 14.3 Å². The predicted octanol–water partition coefficient (Wildman–Crippen LogP) is 1.07. The second-order valence-corrected chi connectivity index (χ2v) is 6.14. The normalized spacial score (nSPS) is 35.2. The second kappa shape index (κ2) is 5.12. The Hall–Kier alpha value is -1.10. The molecule has 2 rings (SSSR count). The number of nitrogens with zero attached hydrogens (tertiary/aromatic N) is 1. The first-order valence-electron chi connectivity index (χ1n) is 7.05. The van der Waals surface area contributed by atoms with Gasteiger partial charge in [0.05, 0.1) is 6.10 Å². The van der Waals surface area contributed by atoms with Gasteiger partial charge in [-0.3, -0.25) is 9.59 Å². The van der Waals surface area contributed by atoms with Gasteiger partial charge < -0.3 is 15.0 Å². The first kappa shape index (κ1) is 14.3. The van der Waals surface area contributed by atoms with Crippen LogP contribution in [0.1, 0.15) is 46.5 Å². The van der Waals surface area contributed by atoms with Crippen molar-refractivity contribution in [1.82, 2.24) is 10.2 Å². The molecule has 2 amide bonds. The van der Waals surface area contributed by atoms with E-state index < -0.39 is 11.6 Å². The predicted molar refractivity (Wildman–Crippen MR) is 71.6 cm³/mol. The number of methoxy groups -OCH3 is 1. The van der Waals surface area contributed by atoms with Gasteiger partial charge in [0.2, 0.25) is 11.8 Å². The lowest BCUT2D eigenvalue weighted by molar-refractivity contribution is -0.160. The van der Waals surface area contributed by atoms with E-state index in [0.29, 0.717) is 0 Å². The summed E-state index contributed by atoms with van der Waals surface area (Å²) in [6.45, 7) is 5.39. The van der Waals surface area contributed by atoms with E-state index in [1.54, 1.807) is 18.9 Å². The maximum Gasteiger partial charge on any atom is 0.246 e. The minimum atomic E-state index is -0.774. The van der Waals surface area contributed by atoms with Crippen molar-refractivity contribution >= 4 is 11.8 Å². The highest BCUT2D eigenvalue weighted by atomic mass is 16.5. The molecule has 1 aliphatic carbocycles. The summed E-state index contributed by atoms with van der Waals surface area (Å²) in [5.41, 5.74) is -0.774. The first-order valence-corrected chi connectivity index (χ1v) is 7.05. The van der Waals surface area contributed by atoms with Gasteiger partial charge in [0.15, 0.2) is 0 Å². The standard InChI is InChI=1S/C14H24N2O3/c1-9-12(17)16(14(2,3)13(18)15-9)10-6-5-7-11(8-10)19-4/h9-11H,5-8H2,1-4H3,(H,15,18). The zero-order valence-electron chi connectivity index (χ0n) is 12.2. The van der Waals surface area contributed by atoms with E-state index in [4.69, 9.17) is 4.74 Å². The molecule has 1 N–H and O–H groups in total. The summed E-state index contributed by atoms with van der Waals surface area (Å²) >= 11 is 0. The van der Waals surface area contributed by atoms with Gasteiger partial charge in [-0.15, -0.1) is 0 Å². The topological polar surface area (TPSA) is 58.6 Å². The van der Waals surface area contributed by atoms with Gasteiger partial charge in [0, 0.05) is 13.2 Å². The first-order chi connectivity index (χ1) is 8.87. The van der Waals surface area contributed by atoms with Gasteiger partial charge in [0.25, 0.3) is 0 Å². The number of rotatable bonds is 2. The molecule has 0 bridgehead atoms. The second-order valence-electron chi connectivity index (χ2n) is 6.14. The van der Waals surface area contributed by atoms with Gasteiger partial charge in [-0.05, 0) is 46.5 Å². The molecule has 0 aromatic carbocycles. The molecule has 19 heavy (non-hydrogen) atoms. The largest absolute Gasteiger partial charge is 0.381 e. The van der Waals surface area contributed by atoms with Crippen LogP contribution >= 0.6 is 0 Å². The molecule has 0 aromatic rings. The van der Waals surface area contributed by atoms with E-state index in [-0.39, 0.29) is 24.0 Å². The van der Waals surface area contributed by atoms with E-state index >= 15 is 0 Å². The zero-order chi connectivity index (χ0) is 14.2. The van der Waals surface area contributed by atoms with Crippen LogP contribution in [-0.4, -0.2) is 47.6 Å². The van der Waals surface area contributed by atoms with Crippen molar-refractivity contribution in [2.75, 3.05) is 7.11 Å². The van der Waals surface area contributed by atoms with Gasteiger partial charge >= 0.3 is 0 Å². The molecule has 0 aromatic heterocycles. The van der Waals surface area contributed by atoms with Crippen LogP contribution in [0.15, 0.2) is 0 Å². The highest BCUT2D eigenvalue weighted by molar-refractivity contribution is 5.99. The molecule has 3 unspecified atom stereocenters. The Balaban J connectivity index is 2.23. The molecule has 0 radical (unpaired) electrons. The summed E-state index contributed by atoms with van der Waals surface area (Å²) < 4.78 is 5.43. The van der Waals surface area contributed by atoms with Gasteiger partial charge in [-0.2, -0.15) is 0 Å². The molecule has 108 valence electrons. The van der Waals surface area contributed by atoms with Gasteiger partial charge in [0.1, 0.15) is 11.6 Å². The summed E-state index contributed by atoms with van der Waals surface area (Å²) in [4.78, 5) is 26.4. The lowest BCUT2D eigenvalue weighted by Crippen LogP contribution is -2.70. The van der Waals surface area contributed by atoms with Crippen LogP contribution in [0.3, 0.4) is 0 Å². The number of piperazine rings is 1. The molecule has 5 nitrogen and oxygen atoms in total. The van der Waals surface area contributed by atoms with Crippen molar-refractivity contribution in [2.45, 2.75) is 70.2 Å². The van der Waals surface area contributed by atoms with Crippen molar-refractivity contribution in [3.63, 3.8) is 0 Å². The van der Waals surface area contributed by atoms with Crippen molar-refractivity contribution in [3.8, 4) is 0 Å². The Morgan fingerprint density at radius 2 is 2.00 bits per heavy atom. The maximum atomic E-state index is 12.5. The van der Waals surface area contributed by atoms with Crippen LogP contribution in [0.5, 0.6) is 0 Å². The third-order valence-corrected chi connectivity index (χ3v) is 4.41. The van der Waals surface area contributed by atoms with Gasteiger partial charge in [-0.1, -0.05) is 0 Å². The number of nitrogens with one attached hydrogen (secondary N) is 1. The monoisotopic (exact) mass is 268 g/mol. The fourth-order valence-electron chi connectivity index (χ4n) is 3.23. The summed E-state index contributed by atoms with van der Waals surface area (Å²) in [7, 11) is 1.71. The van der Waals surface area contributed by atoms with Crippen molar-refractivity contribution in [3.05, 3.63) is 0 Å². The quantitative estimate of drug-likeness (QED) is 0.815. The molecule has 1 aliphatic heterocycles. The number of carbonyl (C=O) groups excluding carboxylic acids is 2. The third-order valence-electron chi connectivity index (χ3n) is 4.41. The van der Waals surface area contributed by atoms with Gasteiger partial charge in [-0.25, -0.2) is 0 Å². The Morgan fingerprint density at radius 1 is 1.32 bits per heavy atom. The minimum Gasteiger partial charge on any atom is -0.381 e. The highest BCUT2D eigenvalue weighted by Gasteiger charge is 2.48. The molecule has 3 atom stereocenters. The van der Waals surface area contributed by atoms with Crippen LogP contribution < -0.4 is 5.32 Å². The van der Waals surface area contributed by atoms with Crippen molar-refractivity contribution in [2.24, 2.45) is 0 Å². The SMILES string of the molecule is COC1CCCC(N2C(=O)C(C)NC(=O)C2(C)C)C1. The Kier molecular flexibility index (Phi) is 3.85. The lowest BCUT2D eigenvalue weighted by Gasteiger charge is -2.49. The van der Waals surface area contributed by atoms with E-state index in [1.165, 1.54) is 0 Å². The summed E-state index contributed by atoms with van der Waals surface area (Å²) in [5, 5.41) is 2.75. The molecular weight excluding hydrogens is 244 g/mol. The number of hydrogen-bond acceptors (Lipinski definition) is 3. The lowest BCUT2D eigenvalue weighted by atomic mass is 9.86. The molecule has 1 saturated carbocycles. The van der Waals surface area contributed by atoms with Crippen LogP contribution in [0, 0.1) is 0 Å². The fraction of sp³-hybridized carbons (Fsp3) is 0.857. The summed E-state index contributed by atoms with van der Waals surface area (Å²) in [5.74, 6) is -0.0505. The van der Waals surface area contributed by atoms with E-state index in [9.17, 15) is 9.59 Å². The smallest absolute Gasteiger partial charge is 0.246 e. The van der Waals surface area contributed by atoms with E-state index in [0.717, 1.165) is 25.7 Å². The molecule has 1 saturated heterocycles. The number of carbonyl (C=O) groups is 2. The van der Waals surface area contributed by atoms with Crippen LogP contribution in [0.2, 0.25) is 0 Å². The number of ether oxygens (including phenoxy) is 1. The number of hydrogen-bond donors (Lipinski definition) is 1. The molecule has 5 heteroatoms. The Morgan fingerprint density at radius 3 is 2.63 bits per heavy atom. The molecule has 0 spiro atoms. The highest BCUT2D eigenvalue weighted by Crippen LogP contribution is 2.32. The van der Waals surface area contributed by atoms with Crippen molar-refractivity contribution in [1.29, 1.82) is 0 Å². The fourth-order valence-corrected chi connectivity index (χ4v) is 3.23. The van der Waals surface area contributed by atoms with Crippen LogP contribution in [0.4, 0.5) is 0 Å². The van der Waals surface area contributed by atoms with Crippen molar-refractivity contribution < 1.29 is 14.3 Å². The summed E-state index contributed by atoms with van der Waals surface area (Å²) in [6, 6.07) is -0.321. The van der Waals surface area contributed by atoms with E-state index in [2.05, 4.69) is 5.32 Å². The summed E-state index contributed by atoms with van der Waals surface area (Å²) in [6.07, 6.45) is 4.05. The number of amides is 2. The molecule has 2 fully saturated rings. The zero-order valence-corrected chi connectivity index (χ0v) is 12.2. The van der Waals surface area contributed by atoms with E-state index in [1.807, 2.05) is 13.8 Å². The molecule has 1 heterocycles. The average molecular weight is 268 g/mol. The minimum absolute atomic E-state index is 0.0198. The molecule has 2 aliphatic rings. The molecular formula is C14H24N2O3. The average Bonchev–Trinajstić information content (AvgIpc) is 2.37. The third kappa shape index (κ3) is 2.48. The Bertz CT molecular complexity index is 381.